The van der Waals surface area contributed by atoms with Crippen molar-refractivity contribution in [1.29, 1.82) is 5.41 Å². The van der Waals surface area contributed by atoms with Crippen molar-refractivity contribution in [2.45, 2.75) is 82.8 Å². The van der Waals surface area contributed by atoms with Gasteiger partial charge >= 0.3 is 0 Å². The fourth-order valence-corrected chi connectivity index (χ4v) is 4.77. The fourth-order valence-electron chi connectivity index (χ4n) is 3.52. The Hall–Kier alpha value is -1.58. The van der Waals surface area contributed by atoms with E-state index in [1.165, 1.54) is 21.8 Å². The molecule has 5 unspecified atom stereocenters. The first-order valence-electron chi connectivity index (χ1n) is 10.3. The minimum Gasteiger partial charge on any atom is -0.388 e. The maximum atomic E-state index is 12.5. The van der Waals surface area contributed by atoms with E-state index in [0.717, 1.165) is 6.42 Å². The molecule has 0 spiro atoms. The van der Waals surface area contributed by atoms with E-state index in [-0.39, 0.29) is 17.6 Å². The van der Waals surface area contributed by atoms with Gasteiger partial charge < -0.3 is 24.0 Å². The topological polar surface area (TPSA) is 135 Å². The van der Waals surface area contributed by atoms with Gasteiger partial charge in [0.15, 0.2) is 25.4 Å². The quantitative estimate of drug-likeness (QED) is 0.531. The summed E-state index contributed by atoms with van der Waals surface area (Å²) in [5.74, 6) is 0. The Kier molecular flexibility index (Phi) is 6.84. The molecule has 10 nitrogen and oxygen atoms in total. The van der Waals surface area contributed by atoms with Crippen LogP contribution in [-0.4, -0.2) is 58.9 Å². The lowest BCUT2D eigenvalue weighted by Crippen LogP contribution is -2.38. The molecule has 0 amide bonds. The molecule has 3 N–H and O–H groups in total. The summed E-state index contributed by atoms with van der Waals surface area (Å²) >= 11 is 0. The number of aryl methyl sites for hydroxylation is 1. The van der Waals surface area contributed by atoms with Crippen LogP contribution in [0.15, 0.2) is 12.7 Å². The molecule has 3 rings (SSSR count). The summed E-state index contributed by atoms with van der Waals surface area (Å²) in [6.45, 7) is 7.66. The van der Waals surface area contributed by atoms with E-state index in [1.807, 2.05) is 27.7 Å². The van der Waals surface area contributed by atoms with Crippen molar-refractivity contribution in [3.63, 3.8) is 0 Å². The van der Waals surface area contributed by atoms with Crippen molar-refractivity contribution in [2.75, 3.05) is 0 Å². The molecule has 0 aromatic carbocycles. The molecule has 30 heavy (non-hydrogen) atoms. The van der Waals surface area contributed by atoms with E-state index >= 15 is 0 Å². The van der Waals surface area contributed by atoms with Crippen molar-refractivity contribution < 1.29 is 24.0 Å². The van der Waals surface area contributed by atoms with Gasteiger partial charge in [0.05, 0.1) is 24.4 Å². The SMILES string of the molecule is CCC(C)[PH](=O)OC(C)(CC)C[C@H]1OC(n2cnc3c(=N)n(C)cnc32)[C@H](O)C1O. The predicted octanol–water partition coefficient (Wildman–Crippen LogP) is 1.72. The summed E-state index contributed by atoms with van der Waals surface area (Å²) in [7, 11) is -0.550. The summed E-state index contributed by atoms with van der Waals surface area (Å²) in [6, 6.07) is 0. The second-order valence-electron chi connectivity index (χ2n) is 8.31. The molecule has 168 valence electrons. The highest BCUT2D eigenvalue weighted by Crippen LogP contribution is 2.42. The molecule has 2 aromatic rings. The largest absolute Gasteiger partial charge is 0.388 e. The molecule has 1 aliphatic rings. The molecule has 0 saturated carbocycles. The number of ether oxygens (including phenoxy) is 1. The maximum absolute atomic E-state index is 12.5. The Bertz CT molecular complexity index is 978. The van der Waals surface area contributed by atoms with Crippen LogP contribution in [0.4, 0.5) is 0 Å². The number of aliphatic hydroxyl groups excluding tert-OH is 2. The van der Waals surface area contributed by atoms with Gasteiger partial charge in [-0.25, -0.2) is 9.97 Å². The van der Waals surface area contributed by atoms with Crippen LogP contribution >= 0.6 is 8.03 Å². The highest BCUT2D eigenvalue weighted by molar-refractivity contribution is 7.40. The number of nitrogens with one attached hydrogen (secondary N) is 1. The number of fused-ring (bicyclic) bond motifs is 1. The van der Waals surface area contributed by atoms with Crippen LogP contribution in [-0.2, 0) is 20.9 Å². The van der Waals surface area contributed by atoms with Gasteiger partial charge in [-0.05, 0) is 19.8 Å². The Morgan fingerprint density at radius 3 is 2.67 bits per heavy atom. The van der Waals surface area contributed by atoms with Gasteiger partial charge in [-0.1, -0.05) is 20.8 Å². The molecule has 2 aromatic heterocycles. The number of hydrogen-bond donors (Lipinski definition) is 3. The number of aromatic nitrogens is 4. The van der Waals surface area contributed by atoms with Crippen LogP contribution in [0.5, 0.6) is 0 Å². The zero-order chi connectivity index (χ0) is 22.2. The third-order valence-electron chi connectivity index (χ3n) is 6.05. The summed E-state index contributed by atoms with van der Waals surface area (Å²) in [4.78, 5) is 8.52. The average Bonchev–Trinajstić information content (AvgIpc) is 3.26. The molecule has 1 saturated heterocycles. The lowest BCUT2D eigenvalue weighted by Gasteiger charge is -2.32. The first-order chi connectivity index (χ1) is 14.1. The lowest BCUT2D eigenvalue weighted by molar-refractivity contribution is -0.0622. The molecular formula is C19H32N5O5P. The van der Waals surface area contributed by atoms with Crippen LogP contribution < -0.4 is 5.49 Å². The molecule has 3 heterocycles. The minimum absolute atomic E-state index is 0.0302. The lowest BCUT2D eigenvalue weighted by atomic mass is 9.93. The van der Waals surface area contributed by atoms with Gasteiger partial charge in [0, 0.05) is 19.1 Å². The summed E-state index contributed by atoms with van der Waals surface area (Å²) in [5.41, 5.74) is 0.175. The smallest absolute Gasteiger partial charge is 0.194 e. The fraction of sp³-hybridized carbons (Fsp3) is 0.737. The molecule has 11 heteroatoms. The van der Waals surface area contributed by atoms with E-state index in [2.05, 4.69) is 9.97 Å². The van der Waals surface area contributed by atoms with Crippen molar-refractivity contribution in [3.05, 3.63) is 18.1 Å². The number of hydrogen-bond acceptors (Lipinski definition) is 8. The van der Waals surface area contributed by atoms with Crippen LogP contribution in [0.1, 0.15) is 53.2 Å². The summed E-state index contributed by atoms with van der Waals surface area (Å²) in [5, 5.41) is 29.4. The summed E-state index contributed by atoms with van der Waals surface area (Å²) < 4.78 is 27.5. The molecular weight excluding hydrogens is 409 g/mol. The zero-order valence-electron chi connectivity index (χ0n) is 18.1. The summed E-state index contributed by atoms with van der Waals surface area (Å²) in [6.07, 6.45) is 0.607. The van der Waals surface area contributed by atoms with Crippen LogP contribution in [0, 0.1) is 5.41 Å². The van der Waals surface area contributed by atoms with Crippen molar-refractivity contribution in [2.24, 2.45) is 7.05 Å². The highest BCUT2D eigenvalue weighted by atomic mass is 31.1. The minimum atomic E-state index is -2.25. The first-order valence-corrected chi connectivity index (χ1v) is 11.7. The van der Waals surface area contributed by atoms with Gasteiger partial charge in [-0.15, -0.1) is 0 Å². The first kappa shape index (κ1) is 23.1. The molecule has 1 fully saturated rings. The van der Waals surface area contributed by atoms with Crippen molar-refractivity contribution in [1.82, 2.24) is 19.1 Å². The Morgan fingerprint density at radius 2 is 2.03 bits per heavy atom. The Labute approximate surface area is 176 Å². The number of rotatable bonds is 8. The molecule has 7 atom stereocenters. The average molecular weight is 441 g/mol. The zero-order valence-corrected chi connectivity index (χ0v) is 19.1. The molecule has 0 bridgehead atoms. The highest BCUT2D eigenvalue weighted by Gasteiger charge is 2.47. The van der Waals surface area contributed by atoms with E-state index in [4.69, 9.17) is 14.7 Å². The molecule has 0 aliphatic carbocycles. The van der Waals surface area contributed by atoms with Gasteiger partial charge in [0.25, 0.3) is 0 Å². The molecule has 1 aliphatic heterocycles. The third-order valence-corrected chi connectivity index (χ3v) is 7.96. The normalized spacial score (nSPS) is 28.5. The standard InChI is InChI=1S/C19H32N5O5P/c1-6-11(3)30(27)29-19(4,7-2)8-12-14(25)15(26)18(28-12)24-10-21-13-16(20)23(5)9-22-17(13)24/h9-12,14-15,18,20,25-26,30H,6-8H2,1-5H3/t11?,12-,14?,15-,18?,19?/m1/s1. The van der Waals surface area contributed by atoms with E-state index in [0.29, 0.717) is 17.6 Å². The van der Waals surface area contributed by atoms with Crippen LogP contribution in [0.2, 0.25) is 0 Å². The van der Waals surface area contributed by atoms with Crippen LogP contribution in [0.3, 0.4) is 0 Å². The maximum Gasteiger partial charge on any atom is 0.194 e. The number of nitrogens with zero attached hydrogens (tertiary/aromatic N) is 4. The second-order valence-corrected chi connectivity index (χ2v) is 10.1. The second kappa shape index (κ2) is 8.88. The van der Waals surface area contributed by atoms with E-state index in [9.17, 15) is 14.8 Å². The van der Waals surface area contributed by atoms with Gasteiger partial charge in [0.1, 0.15) is 17.7 Å². The Morgan fingerprint density at radius 1 is 1.33 bits per heavy atom. The number of aliphatic hydroxyl groups is 2. The number of imidazole rings is 1. The van der Waals surface area contributed by atoms with Crippen molar-refractivity contribution in [3.8, 4) is 0 Å². The van der Waals surface area contributed by atoms with Gasteiger partial charge in [-0.3, -0.25) is 14.5 Å². The van der Waals surface area contributed by atoms with E-state index < -0.39 is 38.2 Å². The third kappa shape index (κ3) is 4.24. The monoisotopic (exact) mass is 441 g/mol. The van der Waals surface area contributed by atoms with Crippen molar-refractivity contribution >= 4 is 19.2 Å². The van der Waals surface area contributed by atoms with Gasteiger partial charge in [-0.2, -0.15) is 0 Å². The predicted molar refractivity (Wildman–Crippen MR) is 111 cm³/mol. The van der Waals surface area contributed by atoms with E-state index in [1.54, 1.807) is 7.05 Å². The Balaban J connectivity index is 1.82. The molecule has 0 radical (unpaired) electrons. The van der Waals surface area contributed by atoms with Gasteiger partial charge in [0.2, 0.25) is 0 Å². The van der Waals surface area contributed by atoms with Crippen LogP contribution in [0.25, 0.3) is 11.2 Å².